The van der Waals surface area contributed by atoms with Gasteiger partial charge in [0.05, 0.1) is 28.3 Å². The van der Waals surface area contributed by atoms with E-state index < -0.39 is 9.84 Å². The lowest BCUT2D eigenvalue weighted by molar-refractivity contribution is -0.117. The standard InChI is InChI=1S/C14H15ClN2O3S2/c1-2-13(18)16-14-17(10-6-4-3-5-9(10)15)11-7-22(19,20)8-12(11)21-14/h3-6,11-12H,2,7-8H2,1H3/t11-,12+/m1/s1. The minimum atomic E-state index is -3.06. The highest BCUT2D eigenvalue weighted by molar-refractivity contribution is 8.16. The Bertz CT molecular complexity index is 748. The number of rotatable bonds is 2. The van der Waals surface area contributed by atoms with Gasteiger partial charge >= 0.3 is 0 Å². The van der Waals surface area contributed by atoms with E-state index in [-0.39, 0.29) is 28.7 Å². The third kappa shape index (κ3) is 2.89. The Morgan fingerprint density at radius 2 is 2.14 bits per heavy atom. The van der Waals surface area contributed by atoms with Gasteiger partial charge < -0.3 is 4.90 Å². The second kappa shape index (κ2) is 5.86. The van der Waals surface area contributed by atoms with Crippen LogP contribution < -0.4 is 4.90 Å². The number of aliphatic imine (C=N–C) groups is 1. The largest absolute Gasteiger partial charge is 0.314 e. The lowest BCUT2D eigenvalue weighted by Gasteiger charge is -2.25. The maximum atomic E-state index is 11.9. The maximum absolute atomic E-state index is 11.9. The smallest absolute Gasteiger partial charge is 0.247 e. The molecule has 8 heteroatoms. The SMILES string of the molecule is CCC(=O)N=C1S[C@H]2CS(=O)(=O)C[C@H]2N1c1ccccc1Cl. The maximum Gasteiger partial charge on any atom is 0.247 e. The van der Waals surface area contributed by atoms with Gasteiger partial charge in [-0.3, -0.25) is 4.79 Å². The van der Waals surface area contributed by atoms with E-state index in [1.807, 2.05) is 23.1 Å². The van der Waals surface area contributed by atoms with Gasteiger partial charge in [-0.1, -0.05) is 42.4 Å². The van der Waals surface area contributed by atoms with Crippen LogP contribution in [0.4, 0.5) is 5.69 Å². The first-order valence-corrected chi connectivity index (χ1v) is 10.0. The first kappa shape index (κ1) is 15.8. The summed E-state index contributed by atoms with van der Waals surface area (Å²) in [6.45, 7) is 1.75. The number of amides is 1. The highest BCUT2D eigenvalue weighted by Gasteiger charge is 2.49. The summed E-state index contributed by atoms with van der Waals surface area (Å²) in [5.41, 5.74) is 0.698. The molecular weight excluding hydrogens is 344 g/mol. The molecule has 0 bridgehead atoms. The molecule has 2 saturated heterocycles. The van der Waals surface area contributed by atoms with Crippen LogP contribution in [0.15, 0.2) is 29.3 Å². The molecule has 2 aliphatic rings. The number of hydrogen-bond donors (Lipinski definition) is 0. The first-order chi connectivity index (χ1) is 10.4. The number of fused-ring (bicyclic) bond motifs is 1. The van der Waals surface area contributed by atoms with Crippen LogP contribution in [0.5, 0.6) is 0 Å². The monoisotopic (exact) mass is 358 g/mol. The van der Waals surface area contributed by atoms with Crippen molar-refractivity contribution in [3.05, 3.63) is 29.3 Å². The van der Waals surface area contributed by atoms with Crippen LogP contribution in [-0.2, 0) is 14.6 Å². The van der Waals surface area contributed by atoms with Crippen LogP contribution >= 0.6 is 23.4 Å². The summed E-state index contributed by atoms with van der Waals surface area (Å²) >= 11 is 7.62. The summed E-state index contributed by atoms with van der Waals surface area (Å²) in [5.74, 6) is -0.0416. The molecule has 0 aliphatic carbocycles. The van der Waals surface area contributed by atoms with Gasteiger partial charge in [-0.15, -0.1) is 0 Å². The molecule has 22 heavy (non-hydrogen) atoms. The number of anilines is 1. The molecule has 0 aromatic heterocycles. The van der Waals surface area contributed by atoms with E-state index in [0.29, 0.717) is 22.3 Å². The van der Waals surface area contributed by atoms with Crippen LogP contribution in [-0.4, -0.2) is 42.3 Å². The van der Waals surface area contributed by atoms with Crippen molar-refractivity contribution < 1.29 is 13.2 Å². The molecule has 2 aliphatic heterocycles. The Hall–Kier alpha value is -1.05. The molecule has 0 saturated carbocycles. The zero-order valence-electron chi connectivity index (χ0n) is 11.9. The molecule has 1 aromatic carbocycles. The summed E-state index contributed by atoms with van der Waals surface area (Å²) in [6, 6.07) is 6.99. The third-order valence-corrected chi connectivity index (χ3v) is 7.23. The highest BCUT2D eigenvalue weighted by Crippen LogP contribution is 2.42. The number of thioether (sulfide) groups is 1. The van der Waals surface area contributed by atoms with E-state index in [9.17, 15) is 13.2 Å². The quantitative estimate of drug-likeness (QED) is 0.811. The fourth-order valence-corrected chi connectivity index (χ4v) is 6.83. The molecule has 0 radical (unpaired) electrons. The van der Waals surface area contributed by atoms with Crippen LogP contribution in [0, 0.1) is 0 Å². The number of nitrogens with zero attached hydrogens (tertiary/aromatic N) is 2. The van der Waals surface area contributed by atoms with Gasteiger partial charge in [-0.25, -0.2) is 8.42 Å². The number of hydrogen-bond acceptors (Lipinski definition) is 4. The van der Waals surface area contributed by atoms with Crippen molar-refractivity contribution in [3.63, 3.8) is 0 Å². The Morgan fingerprint density at radius 3 is 2.82 bits per heavy atom. The molecule has 5 nitrogen and oxygen atoms in total. The molecule has 118 valence electrons. The Labute approximate surface area is 138 Å². The van der Waals surface area contributed by atoms with Crippen molar-refractivity contribution in [3.8, 4) is 0 Å². The van der Waals surface area contributed by atoms with Crippen molar-refractivity contribution in [1.82, 2.24) is 0 Å². The summed E-state index contributed by atoms with van der Waals surface area (Å²) < 4.78 is 23.8. The number of para-hydroxylation sites is 1. The minimum Gasteiger partial charge on any atom is -0.314 e. The first-order valence-electron chi connectivity index (χ1n) is 6.93. The fourth-order valence-electron chi connectivity index (χ4n) is 2.68. The predicted molar refractivity (Wildman–Crippen MR) is 90.5 cm³/mol. The van der Waals surface area contributed by atoms with E-state index in [1.165, 1.54) is 11.8 Å². The molecule has 1 amide bonds. The average molecular weight is 359 g/mol. The lowest BCUT2D eigenvalue weighted by Crippen LogP contribution is -2.37. The molecule has 2 atom stereocenters. The third-order valence-electron chi connectivity index (χ3n) is 3.70. The number of benzene rings is 1. The minimum absolute atomic E-state index is 0.0647. The van der Waals surface area contributed by atoms with E-state index in [0.717, 1.165) is 0 Å². The number of halogens is 1. The van der Waals surface area contributed by atoms with Crippen molar-refractivity contribution in [2.24, 2.45) is 4.99 Å². The molecular formula is C14H15ClN2O3S2. The van der Waals surface area contributed by atoms with Crippen LogP contribution in [0.1, 0.15) is 13.3 Å². The number of amidine groups is 1. The molecule has 0 spiro atoms. The zero-order valence-corrected chi connectivity index (χ0v) is 14.3. The highest BCUT2D eigenvalue weighted by atomic mass is 35.5. The van der Waals surface area contributed by atoms with Crippen molar-refractivity contribution in [1.29, 1.82) is 0 Å². The van der Waals surface area contributed by atoms with Crippen LogP contribution in [0.25, 0.3) is 0 Å². The second-order valence-electron chi connectivity index (χ2n) is 5.26. The summed E-state index contributed by atoms with van der Waals surface area (Å²) in [6.07, 6.45) is 0.314. The molecule has 0 unspecified atom stereocenters. The van der Waals surface area contributed by atoms with Crippen LogP contribution in [0.2, 0.25) is 5.02 Å². The van der Waals surface area contributed by atoms with E-state index in [4.69, 9.17) is 11.6 Å². The van der Waals surface area contributed by atoms with E-state index in [1.54, 1.807) is 13.0 Å². The van der Waals surface area contributed by atoms with Crippen molar-refractivity contribution in [2.75, 3.05) is 16.4 Å². The average Bonchev–Trinajstić information content (AvgIpc) is 2.91. The summed E-state index contributed by atoms with van der Waals surface area (Å²) in [4.78, 5) is 17.6. The molecule has 2 heterocycles. The van der Waals surface area contributed by atoms with E-state index >= 15 is 0 Å². The normalized spacial score (nSPS) is 28.1. The molecule has 1 aromatic rings. The summed E-state index contributed by atoms with van der Waals surface area (Å²) in [5, 5.41) is 0.958. The van der Waals surface area contributed by atoms with Gasteiger partial charge in [0, 0.05) is 11.7 Å². The second-order valence-corrected chi connectivity index (χ2v) is 9.03. The van der Waals surface area contributed by atoms with Gasteiger partial charge in [-0.05, 0) is 12.1 Å². The molecule has 2 fully saturated rings. The summed E-state index contributed by atoms with van der Waals surface area (Å²) in [7, 11) is -3.06. The van der Waals surface area contributed by atoms with Gasteiger partial charge in [-0.2, -0.15) is 4.99 Å². The Balaban J connectivity index is 2.05. The Morgan fingerprint density at radius 1 is 1.41 bits per heavy atom. The van der Waals surface area contributed by atoms with Gasteiger partial charge in [0.15, 0.2) is 15.0 Å². The molecule has 0 N–H and O–H groups in total. The number of carbonyl (C=O) groups is 1. The number of carbonyl (C=O) groups excluding carboxylic acids is 1. The van der Waals surface area contributed by atoms with Gasteiger partial charge in [0.1, 0.15) is 0 Å². The zero-order chi connectivity index (χ0) is 15.9. The topological polar surface area (TPSA) is 66.8 Å². The molecule has 3 rings (SSSR count). The Kier molecular flexibility index (Phi) is 4.22. The lowest BCUT2D eigenvalue weighted by atomic mass is 10.2. The van der Waals surface area contributed by atoms with Crippen molar-refractivity contribution in [2.45, 2.75) is 24.6 Å². The van der Waals surface area contributed by atoms with E-state index in [2.05, 4.69) is 4.99 Å². The fraction of sp³-hybridized carbons (Fsp3) is 0.429. The van der Waals surface area contributed by atoms with Crippen molar-refractivity contribution >= 4 is 50.0 Å². The van der Waals surface area contributed by atoms with Gasteiger partial charge in [0.2, 0.25) is 5.91 Å². The van der Waals surface area contributed by atoms with Crippen LogP contribution in [0.3, 0.4) is 0 Å². The predicted octanol–water partition coefficient (Wildman–Crippen LogP) is 2.35. The van der Waals surface area contributed by atoms with Gasteiger partial charge in [0.25, 0.3) is 0 Å². The number of sulfone groups is 1.